The van der Waals surface area contributed by atoms with Crippen LogP contribution in [0.4, 0.5) is 0 Å². The van der Waals surface area contributed by atoms with Gasteiger partial charge in [0.05, 0.1) is 11.6 Å². The fourth-order valence-electron chi connectivity index (χ4n) is 0.875. The van der Waals surface area contributed by atoms with Crippen LogP contribution in [0.1, 0.15) is 5.56 Å². The third-order valence-electron chi connectivity index (χ3n) is 1.55. The van der Waals surface area contributed by atoms with Gasteiger partial charge in [-0.05, 0) is 27.6 Å². The van der Waals surface area contributed by atoms with Gasteiger partial charge in [0.25, 0.3) is 0 Å². The number of phenolic OH excluding ortho intramolecular Hbond substituents is 1. The van der Waals surface area contributed by atoms with Gasteiger partial charge in [-0.3, -0.25) is 0 Å². The molecule has 0 aromatic heterocycles. The maximum Gasteiger partial charge on any atom is 0.172 e. The van der Waals surface area contributed by atoms with Crippen LogP contribution >= 0.6 is 28.6 Å². The second-order valence-electron chi connectivity index (χ2n) is 2.25. The number of ether oxygens (including phenoxy) is 1. The molecule has 0 aliphatic carbocycles. The van der Waals surface area contributed by atoms with Crippen molar-refractivity contribution in [1.29, 1.82) is 0 Å². The first-order chi connectivity index (χ1) is 5.70. The molecular formula is C8H9BrO2S. The predicted octanol–water partition coefficient (Wildman–Crippen LogP) is 2.59. The normalized spacial score (nSPS) is 9.92. The molecule has 0 aliphatic heterocycles. The summed E-state index contributed by atoms with van der Waals surface area (Å²) in [6.45, 7) is 0. The first kappa shape index (κ1) is 9.74. The maximum absolute atomic E-state index is 9.50. The fourth-order valence-corrected chi connectivity index (χ4v) is 1.82. The highest BCUT2D eigenvalue weighted by molar-refractivity contribution is 9.10. The van der Waals surface area contributed by atoms with E-state index in [-0.39, 0.29) is 5.75 Å². The monoisotopic (exact) mass is 248 g/mol. The molecule has 0 heterocycles. The van der Waals surface area contributed by atoms with Gasteiger partial charge in [-0.2, -0.15) is 12.6 Å². The number of thiol groups is 1. The molecule has 1 rings (SSSR count). The Morgan fingerprint density at radius 3 is 2.75 bits per heavy atom. The Balaban J connectivity index is 3.20. The molecular weight excluding hydrogens is 240 g/mol. The van der Waals surface area contributed by atoms with Crippen LogP contribution in [-0.2, 0) is 5.75 Å². The SMILES string of the molecule is COc1ccc(CS)c(Br)c1O. The highest BCUT2D eigenvalue weighted by Crippen LogP contribution is 2.36. The van der Waals surface area contributed by atoms with Crippen molar-refractivity contribution in [1.82, 2.24) is 0 Å². The van der Waals surface area contributed by atoms with Crippen molar-refractivity contribution in [3.8, 4) is 11.5 Å². The summed E-state index contributed by atoms with van der Waals surface area (Å²) in [4.78, 5) is 0. The van der Waals surface area contributed by atoms with Crippen LogP contribution < -0.4 is 4.74 Å². The van der Waals surface area contributed by atoms with E-state index in [1.165, 1.54) is 7.11 Å². The van der Waals surface area contributed by atoms with Crippen LogP contribution in [-0.4, -0.2) is 12.2 Å². The van der Waals surface area contributed by atoms with Crippen LogP contribution in [0.2, 0.25) is 0 Å². The second kappa shape index (κ2) is 4.05. The first-order valence-electron chi connectivity index (χ1n) is 3.36. The molecule has 0 atom stereocenters. The highest BCUT2D eigenvalue weighted by Gasteiger charge is 2.08. The van der Waals surface area contributed by atoms with Crippen molar-refractivity contribution < 1.29 is 9.84 Å². The van der Waals surface area contributed by atoms with Crippen molar-refractivity contribution >= 4 is 28.6 Å². The van der Waals surface area contributed by atoms with Crippen LogP contribution in [0.25, 0.3) is 0 Å². The molecule has 1 N–H and O–H groups in total. The van der Waals surface area contributed by atoms with E-state index < -0.39 is 0 Å². The maximum atomic E-state index is 9.50. The molecule has 0 amide bonds. The first-order valence-corrected chi connectivity index (χ1v) is 4.78. The summed E-state index contributed by atoms with van der Waals surface area (Å²) in [7, 11) is 1.52. The second-order valence-corrected chi connectivity index (χ2v) is 3.36. The summed E-state index contributed by atoms with van der Waals surface area (Å²) in [5.41, 5.74) is 0.941. The summed E-state index contributed by atoms with van der Waals surface area (Å²) in [5.74, 6) is 1.18. The minimum absolute atomic E-state index is 0.129. The number of halogens is 1. The number of aromatic hydroxyl groups is 1. The van der Waals surface area contributed by atoms with Crippen LogP contribution in [0.15, 0.2) is 16.6 Å². The predicted molar refractivity (Wildman–Crippen MR) is 55.0 cm³/mol. The molecule has 1 aromatic rings. The molecule has 66 valence electrons. The van der Waals surface area contributed by atoms with Gasteiger partial charge in [0, 0.05) is 5.75 Å². The Morgan fingerprint density at radius 2 is 2.25 bits per heavy atom. The van der Waals surface area contributed by atoms with Gasteiger partial charge in [0.2, 0.25) is 0 Å². The summed E-state index contributed by atoms with van der Waals surface area (Å²) in [5, 5.41) is 9.50. The van der Waals surface area contributed by atoms with Crippen molar-refractivity contribution in [2.45, 2.75) is 5.75 Å². The van der Waals surface area contributed by atoms with Gasteiger partial charge >= 0.3 is 0 Å². The summed E-state index contributed by atoms with van der Waals surface area (Å²) >= 11 is 7.36. The standard InChI is InChI=1S/C8H9BrO2S/c1-11-6-3-2-5(4-12)7(9)8(6)10/h2-3,10,12H,4H2,1H3. The topological polar surface area (TPSA) is 29.5 Å². The van der Waals surface area contributed by atoms with Crippen LogP contribution in [0.5, 0.6) is 11.5 Å². The van der Waals surface area contributed by atoms with Gasteiger partial charge in [0.15, 0.2) is 11.5 Å². The molecule has 4 heteroatoms. The number of hydrogen-bond donors (Lipinski definition) is 2. The lowest BCUT2D eigenvalue weighted by atomic mass is 10.2. The van der Waals surface area contributed by atoms with Crippen molar-refractivity contribution in [2.75, 3.05) is 7.11 Å². The molecule has 1 aromatic carbocycles. The van der Waals surface area contributed by atoms with E-state index in [1.54, 1.807) is 6.07 Å². The van der Waals surface area contributed by atoms with E-state index in [1.807, 2.05) is 6.07 Å². The lowest BCUT2D eigenvalue weighted by molar-refractivity contribution is 0.371. The number of methoxy groups -OCH3 is 1. The summed E-state index contributed by atoms with van der Waals surface area (Å²) in [6.07, 6.45) is 0. The van der Waals surface area contributed by atoms with E-state index in [0.29, 0.717) is 16.0 Å². The Bertz CT molecular complexity index is 260. The number of phenols is 1. The molecule has 0 bridgehead atoms. The number of benzene rings is 1. The third-order valence-corrected chi connectivity index (χ3v) is 2.77. The van der Waals surface area contributed by atoms with Gasteiger partial charge in [-0.25, -0.2) is 0 Å². The van der Waals surface area contributed by atoms with Crippen molar-refractivity contribution in [3.63, 3.8) is 0 Å². The van der Waals surface area contributed by atoms with E-state index in [9.17, 15) is 5.11 Å². The molecule has 0 saturated heterocycles. The average Bonchev–Trinajstić information content (AvgIpc) is 2.10. The van der Waals surface area contributed by atoms with Gasteiger partial charge in [0.1, 0.15) is 0 Å². The average molecular weight is 249 g/mol. The van der Waals surface area contributed by atoms with E-state index >= 15 is 0 Å². The fraction of sp³-hybridized carbons (Fsp3) is 0.250. The van der Waals surface area contributed by atoms with Crippen LogP contribution in [0, 0.1) is 0 Å². The summed E-state index contributed by atoms with van der Waals surface area (Å²) < 4.78 is 5.57. The minimum atomic E-state index is 0.129. The van der Waals surface area contributed by atoms with E-state index in [2.05, 4.69) is 28.6 Å². The van der Waals surface area contributed by atoms with Crippen molar-refractivity contribution in [3.05, 3.63) is 22.2 Å². The smallest absolute Gasteiger partial charge is 0.172 e. The number of rotatable bonds is 2. The molecule has 0 aliphatic rings. The van der Waals surface area contributed by atoms with E-state index in [4.69, 9.17) is 4.74 Å². The molecule has 0 radical (unpaired) electrons. The molecule has 2 nitrogen and oxygen atoms in total. The quantitative estimate of drug-likeness (QED) is 0.789. The molecule has 0 fully saturated rings. The zero-order valence-corrected chi connectivity index (χ0v) is 9.02. The zero-order valence-electron chi connectivity index (χ0n) is 6.54. The Kier molecular flexibility index (Phi) is 3.29. The number of hydrogen-bond acceptors (Lipinski definition) is 3. The molecule has 0 unspecified atom stereocenters. The third kappa shape index (κ3) is 1.69. The Morgan fingerprint density at radius 1 is 1.58 bits per heavy atom. The minimum Gasteiger partial charge on any atom is -0.503 e. The Hall–Kier alpha value is -0.350. The van der Waals surface area contributed by atoms with Gasteiger partial charge in [-0.15, -0.1) is 0 Å². The van der Waals surface area contributed by atoms with Crippen LogP contribution in [0.3, 0.4) is 0 Å². The van der Waals surface area contributed by atoms with Gasteiger partial charge < -0.3 is 9.84 Å². The zero-order chi connectivity index (χ0) is 9.14. The van der Waals surface area contributed by atoms with Gasteiger partial charge in [-0.1, -0.05) is 6.07 Å². The highest BCUT2D eigenvalue weighted by atomic mass is 79.9. The molecule has 0 saturated carbocycles. The lowest BCUT2D eigenvalue weighted by Crippen LogP contribution is -1.87. The van der Waals surface area contributed by atoms with Crippen molar-refractivity contribution in [2.24, 2.45) is 0 Å². The lowest BCUT2D eigenvalue weighted by Gasteiger charge is -2.07. The molecule has 0 spiro atoms. The largest absolute Gasteiger partial charge is 0.503 e. The molecule has 12 heavy (non-hydrogen) atoms. The van der Waals surface area contributed by atoms with E-state index in [0.717, 1.165) is 5.56 Å². The Labute approximate surface area is 85.1 Å². The summed E-state index contributed by atoms with van der Waals surface area (Å²) in [6, 6.07) is 3.57.